The molecule has 0 radical (unpaired) electrons. The molecule has 1 aromatic carbocycles. The molecule has 25 heavy (non-hydrogen) atoms. The highest BCUT2D eigenvalue weighted by molar-refractivity contribution is 6.01. The number of amides is 1. The number of nitrogens with one attached hydrogen (secondary N) is 1. The van der Waals surface area contributed by atoms with Crippen molar-refractivity contribution in [3.63, 3.8) is 0 Å². The number of carbonyl (C=O) groups is 1. The van der Waals surface area contributed by atoms with Gasteiger partial charge in [-0.1, -0.05) is 13.8 Å². The van der Waals surface area contributed by atoms with Crippen LogP contribution in [-0.2, 0) is 11.3 Å². The van der Waals surface area contributed by atoms with Crippen LogP contribution in [0.25, 0.3) is 11.0 Å². The fraction of sp³-hybridized carbons (Fsp3) is 0.556. The summed E-state index contributed by atoms with van der Waals surface area (Å²) < 4.78 is 7.53. The summed E-state index contributed by atoms with van der Waals surface area (Å²) in [5.41, 5.74) is 8.95. The van der Waals surface area contributed by atoms with E-state index in [1.807, 2.05) is 13.1 Å². The molecule has 0 bridgehead atoms. The van der Waals surface area contributed by atoms with Crippen molar-refractivity contribution in [1.82, 2.24) is 9.55 Å². The Labute approximate surface area is 148 Å². The molecule has 1 aromatic heterocycles. The maximum Gasteiger partial charge on any atom is 0.248 e. The molecular weight excluding hydrogens is 318 g/mol. The molecule has 2 heterocycles. The van der Waals surface area contributed by atoms with Gasteiger partial charge in [-0.15, -0.1) is 0 Å². The number of imidazole rings is 1. The normalized spacial score (nSPS) is 19.9. The standard InChI is InChI=1S/C18H27N5O2/c1-5-18(2)10-22(6-7-25-4)14-9-12(16(19)24)8-13-15(14)23(11-18)17(20-3)21-13/h8-9H,5-7,10-11H2,1-4H3,(H2,19,24)(H,20,21). The molecule has 1 atom stereocenters. The molecule has 3 N–H and O–H groups in total. The SMILES string of the molecule is CCC1(C)CN(CCOC)c2cc(C(N)=O)cc3nc(NC)n(c23)C1. The van der Waals surface area contributed by atoms with Gasteiger partial charge in [0, 0.05) is 44.8 Å². The average molecular weight is 345 g/mol. The quantitative estimate of drug-likeness (QED) is 0.837. The molecular formula is C18H27N5O2. The van der Waals surface area contributed by atoms with E-state index >= 15 is 0 Å². The van der Waals surface area contributed by atoms with Crippen molar-refractivity contribution in [1.29, 1.82) is 0 Å². The van der Waals surface area contributed by atoms with E-state index in [-0.39, 0.29) is 5.41 Å². The molecule has 0 aliphatic carbocycles. The zero-order chi connectivity index (χ0) is 18.2. The summed E-state index contributed by atoms with van der Waals surface area (Å²) in [6.45, 7) is 7.63. The fourth-order valence-electron chi connectivity index (χ4n) is 3.58. The highest BCUT2D eigenvalue weighted by Gasteiger charge is 2.33. The number of hydrogen-bond acceptors (Lipinski definition) is 5. The van der Waals surface area contributed by atoms with Crippen LogP contribution < -0.4 is 16.0 Å². The Hall–Kier alpha value is -2.28. The average Bonchev–Trinajstić information content (AvgIpc) is 2.88. The third-order valence-corrected chi connectivity index (χ3v) is 5.20. The van der Waals surface area contributed by atoms with Gasteiger partial charge in [0.2, 0.25) is 11.9 Å². The van der Waals surface area contributed by atoms with E-state index < -0.39 is 5.91 Å². The third-order valence-electron chi connectivity index (χ3n) is 5.20. The molecule has 2 aromatic rings. The molecule has 1 unspecified atom stereocenters. The lowest BCUT2D eigenvalue weighted by molar-refractivity contribution is 0.100. The molecule has 7 heteroatoms. The highest BCUT2D eigenvalue weighted by Crippen LogP contribution is 2.39. The van der Waals surface area contributed by atoms with Gasteiger partial charge in [-0.2, -0.15) is 0 Å². The second-order valence-electron chi connectivity index (χ2n) is 7.08. The summed E-state index contributed by atoms with van der Waals surface area (Å²) in [5.74, 6) is 0.374. The van der Waals surface area contributed by atoms with Crippen molar-refractivity contribution in [2.24, 2.45) is 11.1 Å². The van der Waals surface area contributed by atoms with Crippen LogP contribution in [0.2, 0.25) is 0 Å². The van der Waals surface area contributed by atoms with E-state index in [9.17, 15) is 4.79 Å². The Morgan fingerprint density at radius 1 is 1.44 bits per heavy atom. The summed E-state index contributed by atoms with van der Waals surface area (Å²) in [7, 11) is 3.58. The molecule has 0 fully saturated rings. The molecule has 0 saturated carbocycles. The summed E-state index contributed by atoms with van der Waals surface area (Å²) in [4.78, 5) is 18.8. The van der Waals surface area contributed by atoms with E-state index in [4.69, 9.17) is 10.5 Å². The maximum atomic E-state index is 11.8. The first kappa shape index (κ1) is 17.5. The van der Waals surface area contributed by atoms with Crippen molar-refractivity contribution in [3.05, 3.63) is 17.7 Å². The van der Waals surface area contributed by atoms with Crippen molar-refractivity contribution >= 4 is 28.6 Å². The Morgan fingerprint density at radius 2 is 2.20 bits per heavy atom. The van der Waals surface area contributed by atoms with Gasteiger partial charge in [0.15, 0.2) is 0 Å². The minimum absolute atomic E-state index is 0.0822. The molecule has 7 nitrogen and oxygen atoms in total. The van der Waals surface area contributed by atoms with Crippen molar-refractivity contribution in [3.8, 4) is 0 Å². The molecule has 1 aliphatic heterocycles. The first-order valence-corrected chi connectivity index (χ1v) is 8.68. The Kier molecular flexibility index (Phi) is 4.60. The largest absolute Gasteiger partial charge is 0.383 e. The van der Waals surface area contributed by atoms with Crippen LogP contribution in [0.3, 0.4) is 0 Å². The highest BCUT2D eigenvalue weighted by atomic mass is 16.5. The first-order valence-electron chi connectivity index (χ1n) is 8.68. The van der Waals surface area contributed by atoms with E-state index in [1.54, 1.807) is 13.2 Å². The van der Waals surface area contributed by atoms with E-state index in [0.717, 1.165) is 48.7 Å². The van der Waals surface area contributed by atoms with Gasteiger partial charge in [0.1, 0.15) is 0 Å². The van der Waals surface area contributed by atoms with Crippen LogP contribution in [0.4, 0.5) is 11.6 Å². The van der Waals surface area contributed by atoms with Gasteiger partial charge in [-0.3, -0.25) is 4.79 Å². The number of rotatable bonds is 6. The molecule has 0 spiro atoms. The van der Waals surface area contributed by atoms with Crippen LogP contribution in [0.5, 0.6) is 0 Å². The number of nitrogens with zero attached hydrogens (tertiary/aromatic N) is 3. The van der Waals surface area contributed by atoms with E-state index in [1.165, 1.54) is 0 Å². The summed E-state index contributed by atoms with van der Waals surface area (Å²) in [6, 6.07) is 3.67. The lowest BCUT2D eigenvalue weighted by Gasteiger charge is -2.34. The van der Waals surface area contributed by atoms with Gasteiger partial charge in [-0.25, -0.2) is 4.98 Å². The molecule has 0 saturated heterocycles. The summed E-state index contributed by atoms with van der Waals surface area (Å²) in [5, 5.41) is 3.19. The number of primary amides is 1. The predicted molar refractivity (Wildman–Crippen MR) is 100 cm³/mol. The zero-order valence-corrected chi connectivity index (χ0v) is 15.4. The Bertz CT molecular complexity index is 800. The van der Waals surface area contributed by atoms with Gasteiger partial charge < -0.3 is 25.3 Å². The number of hydrogen-bond donors (Lipinski definition) is 2. The van der Waals surface area contributed by atoms with E-state index in [2.05, 4.69) is 33.6 Å². The molecule has 3 rings (SSSR count). The zero-order valence-electron chi connectivity index (χ0n) is 15.4. The van der Waals surface area contributed by atoms with Crippen molar-refractivity contribution < 1.29 is 9.53 Å². The van der Waals surface area contributed by atoms with Crippen molar-refractivity contribution in [2.45, 2.75) is 26.8 Å². The van der Waals surface area contributed by atoms with Crippen LogP contribution in [0, 0.1) is 5.41 Å². The van der Waals surface area contributed by atoms with E-state index in [0.29, 0.717) is 12.2 Å². The summed E-state index contributed by atoms with van der Waals surface area (Å²) in [6.07, 6.45) is 1.04. The number of nitrogens with two attached hydrogens (primary N) is 1. The minimum atomic E-state index is -0.437. The number of methoxy groups -OCH3 is 1. The monoisotopic (exact) mass is 345 g/mol. The molecule has 136 valence electrons. The minimum Gasteiger partial charge on any atom is -0.383 e. The fourth-order valence-corrected chi connectivity index (χ4v) is 3.58. The van der Waals surface area contributed by atoms with Gasteiger partial charge in [-0.05, 0) is 18.6 Å². The maximum absolute atomic E-state index is 11.8. The smallest absolute Gasteiger partial charge is 0.248 e. The van der Waals surface area contributed by atoms with Gasteiger partial charge in [0.25, 0.3) is 0 Å². The van der Waals surface area contributed by atoms with Crippen LogP contribution in [-0.4, -0.2) is 49.3 Å². The van der Waals surface area contributed by atoms with Crippen LogP contribution in [0.15, 0.2) is 12.1 Å². The van der Waals surface area contributed by atoms with Gasteiger partial charge in [0.05, 0.1) is 23.3 Å². The number of ether oxygens (including phenoxy) is 1. The van der Waals surface area contributed by atoms with Crippen LogP contribution >= 0.6 is 0 Å². The Balaban J connectivity index is 2.27. The first-order chi connectivity index (χ1) is 11.9. The third kappa shape index (κ3) is 3.04. The number of benzene rings is 1. The number of carbonyl (C=O) groups excluding carboxylic acids is 1. The summed E-state index contributed by atoms with van der Waals surface area (Å²) >= 11 is 0. The van der Waals surface area contributed by atoms with Gasteiger partial charge >= 0.3 is 0 Å². The Morgan fingerprint density at radius 3 is 2.80 bits per heavy atom. The molecule has 1 aliphatic rings. The topological polar surface area (TPSA) is 85.4 Å². The van der Waals surface area contributed by atoms with Crippen molar-refractivity contribution in [2.75, 3.05) is 44.1 Å². The predicted octanol–water partition coefficient (Wildman–Crippen LogP) is 2.06. The number of aromatic nitrogens is 2. The van der Waals surface area contributed by atoms with Crippen LogP contribution in [0.1, 0.15) is 30.6 Å². The lowest BCUT2D eigenvalue weighted by atomic mass is 9.87. The number of anilines is 2. The second-order valence-corrected chi connectivity index (χ2v) is 7.08. The molecule has 1 amide bonds. The second kappa shape index (κ2) is 6.55. The lowest BCUT2D eigenvalue weighted by Crippen LogP contribution is -2.38.